The third-order valence-corrected chi connectivity index (χ3v) is 2.87. The van der Waals surface area contributed by atoms with Crippen LogP contribution in [0.1, 0.15) is 16.1 Å². The van der Waals surface area contributed by atoms with Crippen LogP contribution in [-0.4, -0.2) is 41.2 Å². The molecule has 1 aromatic heterocycles. The third kappa shape index (κ3) is 2.65. The molecule has 1 aliphatic heterocycles. The topological polar surface area (TPSA) is 88.5 Å². The van der Waals surface area contributed by atoms with Gasteiger partial charge in [0, 0.05) is 17.5 Å². The second-order valence-electron chi connectivity index (χ2n) is 4.25. The smallest absolute Gasteiger partial charge is 0.311 e. The molecular formula is C12H14N2O4. The van der Waals surface area contributed by atoms with Gasteiger partial charge in [0.15, 0.2) is 0 Å². The number of hydrogen-bond donors (Lipinski definition) is 2. The summed E-state index contributed by atoms with van der Waals surface area (Å²) in [5, 5.41) is 11.7. The molecule has 0 bridgehead atoms. The van der Waals surface area contributed by atoms with Crippen LogP contribution >= 0.6 is 0 Å². The molecule has 2 N–H and O–H groups in total. The lowest BCUT2D eigenvalue weighted by Crippen LogP contribution is -2.42. The molecule has 2 rings (SSSR count). The van der Waals surface area contributed by atoms with Gasteiger partial charge in [0.1, 0.15) is 5.92 Å². The summed E-state index contributed by atoms with van der Waals surface area (Å²) in [6, 6.07) is 2.76. The molecule has 1 saturated heterocycles. The van der Waals surface area contributed by atoms with Gasteiger partial charge in [0.05, 0.1) is 19.3 Å². The molecule has 0 aliphatic carbocycles. The average molecular weight is 250 g/mol. The minimum atomic E-state index is -0.955. The first kappa shape index (κ1) is 12.5. The van der Waals surface area contributed by atoms with E-state index in [2.05, 4.69) is 10.3 Å². The maximum Gasteiger partial charge on any atom is 0.311 e. The largest absolute Gasteiger partial charge is 0.481 e. The zero-order chi connectivity index (χ0) is 13.1. The van der Waals surface area contributed by atoms with Gasteiger partial charge < -0.3 is 15.2 Å². The molecule has 96 valence electrons. The van der Waals surface area contributed by atoms with Gasteiger partial charge in [0.2, 0.25) is 0 Å². The van der Waals surface area contributed by atoms with E-state index < -0.39 is 17.9 Å². The van der Waals surface area contributed by atoms with Crippen molar-refractivity contribution < 1.29 is 19.4 Å². The van der Waals surface area contributed by atoms with Gasteiger partial charge in [-0.05, 0) is 19.1 Å². The van der Waals surface area contributed by atoms with Crippen molar-refractivity contribution in [3.63, 3.8) is 0 Å². The highest BCUT2D eigenvalue weighted by molar-refractivity contribution is 5.94. The Morgan fingerprint density at radius 1 is 1.50 bits per heavy atom. The summed E-state index contributed by atoms with van der Waals surface area (Å²) in [6.45, 7) is 2.15. The lowest BCUT2D eigenvalue weighted by molar-refractivity contribution is -0.142. The predicted octanol–water partition coefficient (Wildman–Crippen LogP) is 0.219. The monoisotopic (exact) mass is 250 g/mol. The predicted molar refractivity (Wildman–Crippen MR) is 62.2 cm³/mol. The number of carbonyl (C=O) groups excluding carboxylic acids is 1. The summed E-state index contributed by atoms with van der Waals surface area (Å²) in [6.07, 6.45) is 1.55. The van der Waals surface area contributed by atoms with Crippen LogP contribution in [0.15, 0.2) is 18.3 Å². The van der Waals surface area contributed by atoms with E-state index in [1.54, 1.807) is 25.3 Å². The standard InChI is InChI=1S/C12H14N2O4/c1-7-4-8(2-3-13-7)11(15)14-10-6-18-5-9(10)12(16)17/h2-4,9-10H,5-6H2,1H3,(H,14,15)(H,16,17). The minimum Gasteiger partial charge on any atom is -0.481 e. The van der Waals surface area contributed by atoms with Crippen LogP contribution in [-0.2, 0) is 9.53 Å². The number of nitrogens with one attached hydrogen (secondary N) is 1. The van der Waals surface area contributed by atoms with Crippen LogP contribution in [0.4, 0.5) is 0 Å². The highest BCUT2D eigenvalue weighted by atomic mass is 16.5. The molecule has 0 radical (unpaired) electrons. The zero-order valence-corrected chi connectivity index (χ0v) is 9.92. The van der Waals surface area contributed by atoms with Gasteiger partial charge in [-0.2, -0.15) is 0 Å². The van der Waals surface area contributed by atoms with E-state index >= 15 is 0 Å². The molecule has 1 fully saturated rings. The Hall–Kier alpha value is -1.95. The van der Waals surface area contributed by atoms with Crippen molar-refractivity contribution in [3.8, 4) is 0 Å². The molecule has 1 aliphatic rings. The molecule has 6 heteroatoms. The van der Waals surface area contributed by atoms with Crippen LogP contribution in [0.5, 0.6) is 0 Å². The second-order valence-corrected chi connectivity index (χ2v) is 4.25. The number of carboxylic acid groups (broad SMARTS) is 1. The first-order valence-corrected chi connectivity index (χ1v) is 5.62. The third-order valence-electron chi connectivity index (χ3n) is 2.87. The first-order valence-electron chi connectivity index (χ1n) is 5.62. The highest BCUT2D eigenvalue weighted by Gasteiger charge is 2.35. The average Bonchev–Trinajstić information content (AvgIpc) is 2.77. The van der Waals surface area contributed by atoms with Crippen LogP contribution in [0.2, 0.25) is 0 Å². The number of aromatic nitrogens is 1. The molecule has 18 heavy (non-hydrogen) atoms. The van der Waals surface area contributed by atoms with Gasteiger partial charge >= 0.3 is 5.97 Å². The molecule has 0 saturated carbocycles. The number of aryl methyl sites for hydroxylation is 1. The fourth-order valence-corrected chi connectivity index (χ4v) is 1.88. The van der Waals surface area contributed by atoms with Gasteiger partial charge in [-0.3, -0.25) is 14.6 Å². The number of carboxylic acids is 1. The second kappa shape index (κ2) is 5.14. The maximum absolute atomic E-state index is 11.9. The molecule has 0 spiro atoms. The van der Waals surface area contributed by atoms with Gasteiger partial charge in [-0.25, -0.2) is 0 Å². The summed E-state index contributed by atoms with van der Waals surface area (Å²) in [5.41, 5.74) is 1.21. The summed E-state index contributed by atoms with van der Waals surface area (Å²) in [5.74, 6) is -1.94. The van der Waals surface area contributed by atoms with Crippen LogP contribution in [0.3, 0.4) is 0 Å². The Labute approximate surface area is 104 Å². The molecular weight excluding hydrogens is 236 g/mol. The Balaban J connectivity index is 2.05. The number of carbonyl (C=O) groups is 2. The SMILES string of the molecule is Cc1cc(C(=O)NC2COCC2C(=O)O)ccn1. The quantitative estimate of drug-likeness (QED) is 0.801. The molecule has 2 unspecified atom stereocenters. The molecule has 2 heterocycles. The van der Waals surface area contributed by atoms with Crippen LogP contribution in [0, 0.1) is 12.8 Å². The van der Waals surface area contributed by atoms with Crippen molar-refractivity contribution in [1.82, 2.24) is 10.3 Å². The fraction of sp³-hybridized carbons (Fsp3) is 0.417. The van der Waals surface area contributed by atoms with E-state index in [0.29, 0.717) is 5.56 Å². The lowest BCUT2D eigenvalue weighted by Gasteiger charge is -2.15. The van der Waals surface area contributed by atoms with E-state index in [1.807, 2.05) is 0 Å². The Morgan fingerprint density at radius 3 is 2.94 bits per heavy atom. The molecule has 6 nitrogen and oxygen atoms in total. The van der Waals surface area contributed by atoms with Crippen molar-refractivity contribution in [3.05, 3.63) is 29.6 Å². The van der Waals surface area contributed by atoms with Gasteiger partial charge in [-0.15, -0.1) is 0 Å². The molecule has 2 atom stereocenters. The summed E-state index contributed by atoms with van der Waals surface area (Å²) in [4.78, 5) is 26.9. The number of aliphatic carboxylic acids is 1. The number of pyridine rings is 1. The lowest BCUT2D eigenvalue weighted by atomic mass is 10.0. The summed E-state index contributed by atoms with van der Waals surface area (Å²) < 4.78 is 5.08. The number of ether oxygens (including phenoxy) is 1. The van der Waals surface area contributed by atoms with E-state index in [0.717, 1.165) is 5.69 Å². The fourth-order valence-electron chi connectivity index (χ4n) is 1.88. The highest BCUT2D eigenvalue weighted by Crippen LogP contribution is 2.14. The Bertz CT molecular complexity index is 475. The van der Waals surface area contributed by atoms with Crippen molar-refractivity contribution in [1.29, 1.82) is 0 Å². The number of nitrogens with zero attached hydrogens (tertiary/aromatic N) is 1. The number of amides is 1. The minimum absolute atomic E-state index is 0.135. The first-order chi connectivity index (χ1) is 8.58. The van der Waals surface area contributed by atoms with Gasteiger partial charge in [0.25, 0.3) is 5.91 Å². The van der Waals surface area contributed by atoms with Crippen LogP contribution in [0.25, 0.3) is 0 Å². The van der Waals surface area contributed by atoms with E-state index in [1.165, 1.54) is 0 Å². The van der Waals surface area contributed by atoms with Crippen molar-refractivity contribution in [2.24, 2.45) is 5.92 Å². The van der Waals surface area contributed by atoms with Crippen molar-refractivity contribution >= 4 is 11.9 Å². The summed E-state index contributed by atoms with van der Waals surface area (Å²) in [7, 11) is 0. The zero-order valence-electron chi connectivity index (χ0n) is 9.92. The van der Waals surface area contributed by atoms with Crippen LogP contribution < -0.4 is 5.32 Å². The van der Waals surface area contributed by atoms with Crippen molar-refractivity contribution in [2.75, 3.05) is 13.2 Å². The van der Waals surface area contributed by atoms with E-state index in [-0.39, 0.29) is 19.1 Å². The van der Waals surface area contributed by atoms with Crippen molar-refractivity contribution in [2.45, 2.75) is 13.0 Å². The maximum atomic E-state index is 11.9. The van der Waals surface area contributed by atoms with Gasteiger partial charge in [-0.1, -0.05) is 0 Å². The Morgan fingerprint density at radius 2 is 2.28 bits per heavy atom. The number of rotatable bonds is 3. The molecule has 0 aromatic carbocycles. The Kier molecular flexibility index (Phi) is 3.57. The van der Waals surface area contributed by atoms with E-state index in [4.69, 9.17) is 9.84 Å². The van der Waals surface area contributed by atoms with E-state index in [9.17, 15) is 9.59 Å². The normalized spacial score (nSPS) is 22.7. The molecule has 1 amide bonds. The summed E-state index contributed by atoms with van der Waals surface area (Å²) >= 11 is 0. The number of hydrogen-bond acceptors (Lipinski definition) is 4. The molecule has 1 aromatic rings.